The summed E-state index contributed by atoms with van der Waals surface area (Å²) in [5, 5.41) is 9.70. The first-order valence-corrected chi connectivity index (χ1v) is 7.74. The van der Waals surface area contributed by atoms with Crippen molar-refractivity contribution in [3.05, 3.63) is 59.3 Å². The number of aromatic nitrogens is 1. The SMILES string of the molecule is O=C(O)c1ccnc(SCC2OCCc3ccccc32)c1. The van der Waals surface area contributed by atoms with E-state index in [9.17, 15) is 4.79 Å². The largest absolute Gasteiger partial charge is 0.478 e. The van der Waals surface area contributed by atoms with E-state index in [1.54, 1.807) is 6.07 Å². The molecule has 1 N–H and O–H groups in total. The van der Waals surface area contributed by atoms with Crippen LogP contribution < -0.4 is 0 Å². The molecule has 21 heavy (non-hydrogen) atoms. The van der Waals surface area contributed by atoms with Gasteiger partial charge in [0.1, 0.15) is 0 Å². The summed E-state index contributed by atoms with van der Waals surface area (Å²) in [6.07, 6.45) is 2.51. The fourth-order valence-electron chi connectivity index (χ4n) is 2.40. The molecule has 3 rings (SSSR count). The van der Waals surface area contributed by atoms with Crippen molar-refractivity contribution >= 4 is 17.7 Å². The van der Waals surface area contributed by atoms with Crippen molar-refractivity contribution in [3.8, 4) is 0 Å². The third-order valence-corrected chi connectivity index (χ3v) is 4.45. The number of nitrogens with zero attached hydrogens (tertiary/aromatic N) is 1. The predicted molar refractivity (Wildman–Crippen MR) is 80.8 cm³/mol. The van der Waals surface area contributed by atoms with E-state index in [4.69, 9.17) is 9.84 Å². The minimum absolute atomic E-state index is 0.0373. The van der Waals surface area contributed by atoms with Gasteiger partial charge >= 0.3 is 5.97 Å². The highest BCUT2D eigenvalue weighted by atomic mass is 32.2. The lowest BCUT2D eigenvalue weighted by molar-refractivity contribution is 0.0588. The summed E-state index contributed by atoms with van der Waals surface area (Å²) in [4.78, 5) is 15.2. The quantitative estimate of drug-likeness (QED) is 0.879. The van der Waals surface area contributed by atoms with Gasteiger partial charge in [-0.1, -0.05) is 24.3 Å². The van der Waals surface area contributed by atoms with E-state index in [1.165, 1.54) is 35.2 Å². The molecule has 0 saturated heterocycles. The first-order valence-electron chi connectivity index (χ1n) is 6.75. The number of pyridine rings is 1. The molecule has 1 aliphatic heterocycles. The highest BCUT2D eigenvalue weighted by Gasteiger charge is 2.20. The van der Waals surface area contributed by atoms with Crippen molar-refractivity contribution in [2.45, 2.75) is 17.6 Å². The summed E-state index contributed by atoms with van der Waals surface area (Å²) in [6.45, 7) is 0.727. The number of carbonyl (C=O) groups is 1. The average Bonchev–Trinajstić information content (AvgIpc) is 2.53. The Morgan fingerprint density at radius 1 is 1.38 bits per heavy atom. The van der Waals surface area contributed by atoms with Crippen molar-refractivity contribution < 1.29 is 14.6 Å². The molecular formula is C16H15NO3S. The number of carboxylic acids is 1. The minimum Gasteiger partial charge on any atom is -0.478 e. The Labute approximate surface area is 127 Å². The zero-order chi connectivity index (χ0) is 14.7. The van der Waals surface area contributed by atoms with E-state index >= 15 is 0 Å². The van der Waals surface area contributed by atoms with Crippen LogP contribution in [0, 0.1) is 0 Å². The molecule has 4 nitrogen and oxygen atoms in total. The lowest BCUT2D eigenvalue weighted by atomic mass is 9.99. The molecule has 1 aliphatic rings. The van der Waals surface area contributed by atoms with E-state index in [0.29, 0.717) is 5.03 Å². The summed E-state index contributed by atoms with van der Waals surface area (Å²) in [5.41, 5.74) is 2.82. The Kier molecular flexibility index (Phi) is 4.22. The van der Waals surface area contributed by atoms with Crippen molar-refractivity contribution in [3.63, 3.8) is 0 Å². The van der Waals surface area contributed by atoms with Crippen LogP contribution in [-0.4, -0.2) is 28.4 Å². The lowest BCUT2D eigenvalue weighted by Gasteiger charge is -2.25. The first-order chi connectivity index (χ1) is 10.2. The molecule has 2 heterocycles. The maximum absolute atomic E-state index is 11.0. The highest BCUT2D eigenvalue weighted by molar-refractivity contribution is 7.99. The number of hydrogen-bond donors (Lipinski definition) is 1. The van der Waals surface area contributed by atoms with Crippen molar-refractivity contribution in [1.82, 2.24) is 4.98 Å². The summed E-state index contributed by atoms with van der Waals surface area (Å²) < 4.78 is 5.84. The topological polar surface area (TPSA) is 59.4 Å². The number of thioether (sulfide) groups is 1. The van der Waals surface area contributed by atoms with Crippen molar-refractivity contribution in [2.24, 2.45) is 0 Å². The number of ether oxygens (including phenoxy) is 1. The van der Waals surface area contributed by atoms with Gasteiger partial charge in [-0.15, -0.1) is 11.8 Å². The van der Waals surface area contributed by atoms with Gasteiger partial charge in [0.05, 0.1) is 23.3 Å². The third-order valence-electron chi connectivity index (χ3n) is 3.46. The molecule has 1 aromatic heterocycles. The van der Waals surface area contributed by atoms with Gasteiger partial charge in [-0.05, 0) is 29.7 Å². The predicted octanol–water partition coefficient (Wildman–Crippen LogP) is 3.19. The molecule has 0 bridgehead atoms. The smallest absolute Gasteiger partial charge is 0.335 e. The number of aromatic carboxylic acids is 1. The Bertz CT molecular complexity index is 659. The maximum atomic E-state index is 11.0. The zero-order valence-electron chi connectivity index (χ0n) is 11.4. The number of fused-ring (bicyclic) bond motifs is 1. The average molecular weight is 301 g/mol. The standard InChI is InChI=1S/C16H15NO3S/c18-16(19)12-5-7-17-15(9-12)21-10-14-13-4-2-1-3-11(13)6-8-20-14/h1-5,7,9,14H,6,8,10H2,(H,18,19). The van der Waals surface area contributed by atoms with Crippen LogP contribution in [0.25, 0.3) is 0 Å². The van der Waals surface area contributed by atoms with Crippen LogP contribution in [0.15, 0.2) is 47.6 Å². The molecule has 5 heteroatoms. The monoisotopic (exact) mass is 301 g/mol. The van der Waals surface area contributed by atoms with Crippen molar-refractivity contribution in [2.75, 3.05) is 12.4 Å². The maximum Gasteiger partial charge on any atom is 0.335 e. The van der Waals surface area contributed by atoms with Gasteiger partial charge in [0, 0.05) is 11.9 Å². The van der Waals surface area contributed by atoms with Gasteiger partial charge in [-0.25, -0.2) is 9.78 Å². The molecule has 0 fully saturated rings. The van der Waals surface area contributed by atoms with Crippen LogP contribution in [-0.2, 0) is 11.2 Å². The van der Waals surface area contributed by atoms with Crippen LogP contribution in [0.4, 0.5) is 0 Å². The molecule has 0 saturated carbocycles. The van der Waals surface area contributed by atoms with Crippen LogP contribution in [0.3, 0.4) is 0 Å². The van der Waals surface area contributed by atoms with Crippen LogP contribution in [0.2, 0.25) is 0 Å². The summed E-state index contributed by atoms with van der Waals surface area (Å²) in [7, 11) is 0. The van der Waals surface area contributed by atoms with Crippen LogP contribution in [0.1, 0.15) is 27.6 Å². The molecular weight excluding hydrogens is 286 g/mol. The Morgan fingerprint density at radius 3 is 3.10 bits per heavy atom. The van der Waals surface area contributed by atoms with E-state index in [1.807, 2.05) is 12.1 Å². The molecule has 108 valence electrons. The van der Waals surface area contributed by atoms with E-state index in [2.05, 4.69) is 17.1 Å². The number of benzene rings is 1. The Morgan fingerprint density at radius 2 is 2.24 bits per heavy atom. The van der Waals surface area contributed by atoms with E-state index in [0.717, 1.165) is 18.8 Å². The Balaban J connectivity index is 1.71. The van der Waals surface area contributed by atoms with Gasteiger partial charge in [0.25, 0.3) is 0 Å². The second-order valence-electron chi connectivity index (χ2n) is 4.81. The third kappa shape index (κ3) is 3.25. The van der Waals surface area contributed by atoms with Gasteiger partial charge in [-0.3, -0.25) is 0 Å². The minimum atomic E-state index is -0.932. The molecule has 1 atom stereocenters. The van der Waals surface area contributed by atoms with Gasteiger partial charge in [0.2, 0.25) is 0 Å². The van der Waals surface area contributed by atoms with E-state index < -0.39 is 5.97 Å². The normalized spacial score (nSPS) is 17.2. The van der Waals surface area contributed by atoms with E-state index in [-0.39, 0.29) is 11.7 Å². The van der Waals surface area contributed by atoms with Crippen molar-refractivity contribution in [1.29, 1.82) is 0 Å². The zero-order valence-corrected chi connectivity index (χ0v) is 12.2. The second-order valence-corrected chi connectivity index (χ2v) is 5.85. The summed E-state index contributed by atoms with van der Waals surface area (Å²) >= 11 is 1.52. The Hall–Kier alpha value is -1.85. The fourth-order valence-corrected chi connectivity index (χ4v) is 3.34. The van der Waals surface area contributed by atoms with Gasteiger partial charge in [-0.2, -0.15) is 0 Å². The molecule has 0 radical (unpaired) electrons. The highest BCUT2D eigenvalue weighted by Crippen LogP contribution is 2.31. The lowest BCUT2D eigenvalue weighted by Crippen LogP contribution is -2.18. The fraction of sp³-hybridized carbons (Fsp3) is 0.250. The number of rotatable bonds is 4. The molecule has 2 aromatic rings. The van der Waals surface area contributed by atoms with Gasteiger partial charge < -0.3 is 9.84 Å². The van der Waals surface area contributed by atoms with Crippen LogP contribution in [0.5, 0.6) is 0 Å². The molecule has 1 unspecified atom stereocenters. The molecule has 0 amide bonds. The second kappa shape index (κ2) is 6.28. The number of hydrogen-bond acceptors (Lipinski definition) is 4. The van der Waals surface area contributed by atoms with Gasteiger partial charge in [0.15, 0.2) is 0 Å². The summed E-state index contributed by atoms with van der Waals surface area (Å²) in [6, 6.07) is 11.4. The first kappa shape index (κ1) is 14.1. The van der Waals surface area contributed by atoms with Crippen LogP contribution >= 0.6 is 11.8 Å². The number of carboxylic acid groups (broad SMARTS) is 1. The molecule has 1 aromatic carbocycles. The molecule has 0 aliphatic carbocycles. The summed E-state index contributed by atoms with van der Waals surface area (Å²) in [5.74, 6) is -0.203. The molecule has 0 spiro atoms.